The Morgan fingerprint density at radius 1 is 1.19 bits per heavy atom. The molecule has 1 atom stereocenters. The minimum absolute atomic E-state index is 0.0266. The van der Waals surface area contributed by atoms with E-state index >= 15 is 0 Å². The second-order valence-electron chi connectivity index (χ2n) is 8.04. The first-order valence-corrected chi connectivity index (χ1v) is 8.96. The van der Waals surface area contributed by atoms with Crippen molar-refractivity contribution < 1.29 is 19.5 Å². The Labute approximate surface area is 154 Å². The molecule has 2 amide bonds. The first kappa shape index (κ1) is 19.9. The van der Waals surface area contributed by atoms with Gasteiger partial charge in [-0.3, -0.25) is 9.59 Å². The molecule has 1 saturated heterocycles. The predicted octanol–water partition coefficient (Wildman–Crippen LogP) is 2.63. The Kier molecular flexibility index (Phi) is 6.05. The Balaban J connectivity index is 1.98. The number of carboxylic acid groups (broad SMARTS) is 1. The quantitative estimate of drug-likeness (QED) is 0.895. The molecule has 0 saturated carbocycles. The van der Waals surface area contributed by atoms with Crippen molar-refractivity contribution in [3.63, 3.8) is 0 Å². The lowest BCUT2D eigenvalue weighted by atomic mass is 9.90. The lowest BCUT2D eigenvalue weighted by molar-refractivity contribution is -0.145. The molecule has 26 heavy (non-hydrogen) atoms. The molecular formula is C20H28N2O4. The molecule has 1 aromatic carbocycles. The first-order chi connectivity index (χ1) is 12.1. The summed E-state index contributed by atoms with van der Waals surface area (Å²) in [6.45, 7) is 7.29. The van der Waals surface area contributed by atoms with E-state index in [2.05, 4.69) is 0 Å². The van der Waals surface area contributed by atoms with Crippen molar-refractivity contribution in [3.05, 3.63) is 35.4 Å². The van der Waals surface area contributed by atoms with Gasteiger partial charge in [0.1, 0.15) is 0 Å². The fourth-order valence-electron chi connectivity index (χ4n) is 3.25. The fourth-order valence-corrected chi connectivity index (χ4v) is 3.25. The van der Waals surface area contributed by atoms with E-state index in [0.29, 0.717) is 19.6 Å². The summed E-state index contributed by atoms with van der Waals surface area (Å²) in [6, 6.07) is 6.54. The highest BCUT2D eigenvalue weighted by Crippen LogP contribution is 2.24. The molecule has 1 aromatic rings. The summed E-state index contributed by atoms with van der Waals surface area (Å²) in [5.74, 6) is -1.04. The predicted molar refractivity (Wildman–Crippen MR) is 98.6 cm³/mol. The van der Waals surface area contributed by atoms with E-state index in [1.165, 1.54) is 0 Å². The highest BCUT2D eigenvalue weighted by molar-refractivity contribution is 5.87. The molecule has 142 valence electrons. The molecule has 6 heteroatoms. The smallest absolute Gasteiger partial charge is 0.335 e. The Bertz CT molecular complexity index is 676. The van der Waals surface area contributed by atoms with Gasteiger partial charge in [-0.25, -0.2) is 4.79 Å². The largest absolute Gasteiger partial charge is 0.478 e. The van der Waals surface area contributed by atoms with Gasteiger partial charge in [-0.2, -0.15) is 0 Å². The highest BCUT2D eigenvalue weighted by Gasteiger charge is 2.34. The van der Waals surface area contributed by atoms with Crippen molar-refractivity contribution in [2.45, 2.75) is 40.2 Å². The van der Waals surface area contributed by atoms with E-state index in [1.807, 2.05) is 25.7 Å². The van der Waals surface area contributed by atoms with Crippen molar-refractivity contribution >= 4 is 17.8 Å². The molecule has 6 nitrogen and oxygen atoms in total. The fraction of sp³-hybridized carbons (Fsp3) is 0.550. The van der Waals surface area contributed by atoms with E-state index in [-0.39, 0.29) is 23.3 Å². The lowest BCUT2D eigenvalue weighted by Gasteiger charge is -2.37. The average molecular weight is 360 g/mol. The van der Waals surface area contributed by atoms with Crippen LogP contribution in [0, 0.1) is 11.3 Å². The molecule has 0 bridgehead atoms. The van der Waals surface area contributed by atoms with Crippen molar-refractivity contribution in [1.29, 1.82) is 0 Å². The van der Waals surface area contributed by atoms with Gasteiger partial charge in [0.25, 0.3) is 0 Å². The summed E-state index contributed by atoms with van der Waals surface area (Å²) >= 11 is 0. The van der Waals surface area contributed by atoms with E-state index in [4.69, 9.17) is 5.11 Å². The number of hydrogen-bond acceptors (Lipinski definition) is 3. The standard InChI is InChI=1S/C20H28N2O4/c1-20(2,3)19(26)22-11-5-6-16(13-22)17(23)21(4)12-14-7-9-15(10-8-14)18(24)25/h7-10,16H,5-6,11-13H2,1-4H3,(H,24,25). The molecule has 1 aliphatic rings. The first-order valence-electron chi connectivity index (χ1n) is 8.96. The second-order valence-corrected chi connectivity index (χ2v) is 8.04. The summed E-state index contributed by atoms with van der Waals surface area (Å²) in [5.41, 5.74) is 0.665. The zero-order chi connectivity index (χ0) is 19.5. The summed E-state index contributed by atoms with van der Waals surface area (Å²) in [5, 5.41) is 8.95. The number of aromatic carboxylic acids is 1. The van der Waals surface area contributed by atoms with Crippen molar-refractivity contribution in [3.8, 4) is 0 Å². The molecule has 2 rings (SSSR count). The molecule has 1 aliphatic heterocycles. The summed E-state index contributed by atoms with van der Waals surface area (Å²) < 4.78 is 0. The van der Waals surface area contributed by atoms with Crippen LogP contribution in [0.3, 0.4) is 0 Å². The van der Waals surface area contributed by atoms with Gasteiger partial charge in [-0.05, 0) is 30.5 Å². The zero-order valence-corrected chi connectivity index (χ0v) is 16.0. The Morgan fingerprint density at radius 2 is 1.81 bits per heavy atom. The third-order valence-corrected chi connectivity index (χ3v) is 4.70. The van der Waals surface area contributed by atoms with Crippen LogP contribution < -0.4 is 0 Å². The second kappa shape index (κ2) is 7.89. The van der Waals surface area contributed by atoms with Gasteiger partial charge in [0.2, 0.25) is 11.8 Å². The number of piperidine rings is 1. The number of carbonyl (C=O) groups is 3. The van der Waals surface area contributed by atoms with Crippen LogP contribution in [-0.2, 0) is 16.1 Å². The lowest BCUT2D eigenvalue weighted by Crippen LogP contribution is -2.48. The summed E-state index contributed by atoms with van der Waals surface area (Å²) in [6.07, 6.45) is 1.62. The van der Waals surface area contributed by atoms with Crippen LogP contribution in [0.25, 0.3) is 0 Å². The van der Waals surface area contributed by atoms with E-state index in [1.54, 1.807) is 36.2 Å². The number of carboxylic acids is 1. The van der Waals surface area contributed by atoms with Crippen molar-refractivity contribution in [2.24, 2.45) is 11.3 Å². The normalized spacial score (nSPS) is 17.7. The van der Waals surface area contributed by atoms with Gasteiger partial charge in [-0.1, -0.05) is 32.9 Å². The maximum atomic E-state index is 12.8. The maximum absolute atomic E-state index is 12.8. The zero-order valence-electron chi connectivity index (χ0n) is 16.0. The molecule has 1 N–H and O–H groups in total. The Hall–Kier alpha value is -2.37. The molecule has 1 heterocycles. The monoisotopic (exact) mass is 360 g/mol. The van der Waals surface area contributed by atoms with Crippen LogP contribution >= 0.6 is 0 Å². The highest BCUT2D eigenvalue weighted by atomic mass is 16.4. The number of nitrogens with zero attached hydrogens (tertiary/aromatic N) is 2. The molecule has 0 aliphatic carbocycles. The molecule has 1 unspecified atom stereocenters. The van der Waals surface area contributed by atoms with Gasteiger partial charge >= 0.3 is 5.97 Å². The third kappa shape index (κ3) is 4.84. The number of benzene rings is 1. The number of carbonyl (C=O) groups excluding carboxylic acids is 2. The van der Waals surface area contributed by atoms with Crippen LogP contribution in [0.1, 0.15) is 49.5 Å². The SMILES string of the molecule is CN(Cc1ccc(C(=O)O)cc1)C(=O)C1CCCN(C(=O)C(C)(C)C)C1. The van der Waals surface area contributed by atoms with E-state index < -0.39 is 11.4 Å². The van der Waals surface area contributed by atoms with Crippen LogP contribution in [0.4, 0.5) is 0 Å². The van der Waals surface area contributed by atoms with E-state index in [0.717, 1.165) is 18.4 Å². The van der Waals surface area contributed by atoms with Gasteiger partial charge in [0.05, 0.1) is 11.5 Å². The summed E-state index contributed by atoms with van der Waals surface area (Å²) in [4.78, 5) is 39.7. The Morgan fingerprint density at radius 3 is 2.35 bits per heavy atom. The molecule has 1 fully saturated rings. The number of hydrogen-bond donors (Lipinski definition) is 1. The van der Waals surface area contributed by atoms with Gasteiger partial charge < -0.3 is 14.9 Å². The minimum Gasteiger partial charge on any atom is -0.478 e. The maximum Gasteiger partial charge on any atom is 0.335 e. The average Bonchev–Trinajstić information content (AvgIpc) is 2.60. The molecule has 0 spiro atoms. The van der Waals surface area contributed by atoms with Crippen molar-refractivity contribution in [1.82, 2.24) is 9.80 Å². The van der Waals surface area contributed by atoms with Crippen LogP contribution in [0.2, 0.25) is 0 Å². The van der Waals surface area contributed by atoms with Crippen molar-refractivity contribution in [2.75, 3.05) is 20.1 Å². The van der Waals surface area contributed by atoms with Gasteiger partial charge in [0.15, 0.2) is 0 Å². The minimum atomic E-state index is -0.966. The third-order valence-electron chi connectivity index (χ3n) is 4.70. The van der Waals surface area contributed by atoms with Gasteiger partial charge in [-0.15, -0.1) is 0 Å². The number of amides is 2. The van der Waals surface area contributed by atoms with E-state index in [9.17, 15) is 14.4 Å². The number of likely N-dealkylation sites (tertiary alicyclic amines) is 1. The van der Waals surface area contributed by atoms with Crippen LogP contribution in [0.15, 0.2) is 24.3 Å². The molecule has 0 radical (unpaired) electrons. The van der Waals surface area contributed by atoms with Gasteiger partial charge in [0, 0.05) is 32.1 Å². The van der Waals surface area contributed by atoms with Crippen LogP contribution in [-0.4, -0.2) is 52.8 Å². The molecular weight excluding hydrogens is 332 g/mol. The molecule has 0 aromatic heterocycles. The topological polar surface area (TPSA) is 77.9 Å². The summed E-state index contributed by atoms with van der Waals surface area (Å²) in [7, 11) is 1.75. The van der Waals surface area contributed by atoms with Crippen LogP contribution in [0.5, 0.6) is 0 Å². The number of rotatable bonds is 4.